The number of carbonyl (C=O) groups is 1. The summed E-state index contributed by atoms with van der Waals surface area (Å²) in [7, 11) is 0. The number of aromatic nitrogens is 3. The molecule has 3 aromatic heterocycles. The van der Waals surface area contributed by atoms with Crippen LogP contribution in [-0.2, 0) is 37.0 Å². The molecule has 0 aromatic carbocycles. The van der Waals surface area contributed by atoms with Gasteiger partial charge in [0.1, 0.15) is 11.1 Å². The number of hydrogen-bond donors (Lipinski definition) is 1. The normalized spacial score (nSPS) is 18.7. The largest absolute Gasteiger partial charge is 0.316 e. The monoisotopic (exact) mass is 579 g/mol. The van der Waals surface area contributed by atoms with E-state index < -0.39 is 0 Å². The van der Waals surface area contributed by atoms with Crippen LogP contribution in [0.5, 0.6) is 0 Å². The lowest BCUT2D eigenvalue weighted by atomic mass is 9.69. The number of anilines is 1. The summed E-state index contributed by atoms with van der Waals surface area (Å²) in [4.78, 5) is 15.8. The molecule has 1 N–H and O–H groups in total. The first-order valence-corrected chi connectivity index (χ1v) is 16.5. The maximum absolute atomic E-state index is 13.1. The minimum atomic E-state index is -0.128. The highest BCUT2D eigenvalue weighted by molar-refractivity contribution is 7.99. The number of thiophene rings is 2. The molecule has 39 heavy (non-hydrogen) atoms. The van der Waals surface area contributed by atoms with Gasteiger partial charge in [0.25, 0.3) is 0 Å². The lowest BCUT2D eigenvalue weighted by Crippen LogP contribution is -2.28. The Kier molecular flexibility index (Phi) is 8.37. The molecular weight excluding hydrogens is 543 g/mol. The third-order valence-electron chi connectivity index (χ3n) is 8.65. The summed E-state index contributed by atoms with van der Waals surface area (Å²) in [6.07, 6.45) is 9.37. The number of amides is 1. The molecule has 1 amide bonds. The van der Waals surface area contributed by atoms with Crippen molar-refractivity contribution in [2.45, 2.75) is 84.3 Å². The average molecular weight is 580 g/mol. The SMILES string of the molecule is C=CCn1c(SCC(=O)Nc2sc3c(c2C#N)CCC(C(C)(C)CC)C3)nnc1-c1csc2c1CCC(C)C2. The van der Waals surface area contributed by atoms with Crippen LogP contribution in [0.1, 0.15) is 73.4 Å². The number of nitrogens with one attached hydrogen (secondary N) is 1. The second-order valence-electron chi connectivity index (χ2n) is 11.5. The van der Waals surface area contributed by atoms with E-state index in [4.69, 9.17) is 0 Å². The van der Waals surface area contributed by atoms with Gasteiger partial charge in [-0.3, -0.25) is 9.36 Å². The van der Waals surface area contributed by atoms with Gasteiger partial charge in [-0.1, -0.05) is 52.0 Å². The molecule has 206 valence electrons. The molecule has 0 fully saturated rings. The lowest BCUT2D eigenvalue weighted by Gasteiger charge is -2.36. The standard InChI is InChI=1S/C30H37N5OS3/c1-6-12-35-27(23-16-37-24-13-18(3)8-10-21(23)24)33-34-29(35)38-17-26(36)32-28-22(15-31)20-11-9-19(14-25(20)39-28)30(4,5)7-2/h6,16,18-19H,1,7-14,17H2,2-5H3,(H,32,36). The van der Waals surface area contributed by atoms with Crippen LogP contribution >= 0.6 is 34.4 Å². The Morgan fingerprint density at radius 1 is 1.28 bits per heavy atom. The molecule has 0 saturated heterocycles. The third kappa shape index (κ3) is 5.61. The molecule has 5 rings (SSSR count). The fourth-order valence-electron chi connectivity index (χ4n) is 5.79. The molecule has 3 heterocycles. The Morgan fingerprint density at radius 3 is 2.82 bits per heavy atom. The number of nitriles is 1. The van der Waals surface area contributed by atoms with Gasteiger partial charge in [-0.05, 0) is 66.9 Å². The highest BCUT2D eigenvalue weighted by Crippen LogP contribution is 2.45. The fraction of sp³-hybridized carbons (Fsp3) is 0.533. The van der Waals surface area contributed by atoms with Crippen molar-refractivity contribution < 1.29 is 4.79 Å². The highest BCUT2D eigenvalue weighted by Gasteiger charge is 2.34. The predicted molar refractivity (Wildman–Crippen MR) is 163 cm³/mol. The quantitative estimate of drug-likeness (QED) is 0.209. The van der Waals surface area contributed by atoms with Crippen LogP contribution in [-0.4, -0.2) is 26.4 Å². The maximum atomic E-state index is 13.1. The van der Waals surface area contributed by atoms with E-state index in [1.807, 2.05) is 17.4 Å². The molecule has 2 aliphatic carbocycles. The predicted octanol–water partition coefficient (Wildman–Crippen LogP) is 7.52. The minimum Gasteiger partial charge on any atom is -0.316 e. The van der Waals surface area contributed by atoms with Gasteiger partial charge in [-0.2, -0.15) is 5.26 Å². The molecular formula is C30H37N5OS3. The van der Waals surface area contributed by atoms with Gasteiger partial charge >= 0.3 is 0 Å². The smallest absolute Gasteiger partial charge is 0.235 e. The summed E-state index contributed by atoms with van der Waals surface area (Å²) in [5.41, 5.74) is 4.63. The second-order valence-corrected chi connectivity index (χ2v) is 14.6. The maximum Gasteiger partial charge on any atom is 0.235 e. The first-order chi connectivity index (χ1) is 18.7. The molecule has 0 radical (unpaired) electrons. The van der Waals surface area contributed by atoms with Crippen LogP contribution in [0.2, 0.25) is 0 Å². The van der Waals surface area contributed by atoms with Gasteiger partial charge < -0.3 is 5.32 Å². The van der Waals surface area contributed by atoms with E-state index in [0.717, 1.165) is 55.8 Å². The number of rotatable bonds is 9. The van der Waals surface area contributed by atoms with Crippen molar-refractivity contribution in [3.05, 3.63) is 44.5 Å². The van der Waals surface area contributed by atoms with Crippen LogP contribution in [0.3, 0.4) is 0 Å². The number of nitrogens with zero attached hydrogens (tertiary/aromatic N) is 4. The van der Waals surface area contributed by atoms with Crippen LogP contribution in [0, 0.1) is 28.6 Å². The summed E-state index contributed by atoms with van der Waals surface area (Å²) >= 11 is 4.78. The third-order valence-corrected chi connectivity index (χ3v) is 11.8. The molecule has 0 aliphatic heterocycles. The number of fused-ring (bicyclic) bond motifs is 2. The molecule has 0 bridgehead atoms. The molecule has 2 aliphatic rings. The molecule has 2 unspecified atom stereocenters. The van der Waals surface area contributed by atoms with Crippen LogP contribution in [0.15, 0.2) is 23.2 Å². The van der Waals surface area contributed by atoms with Crippen LogP contribution in [0.4, 0.5) is 5.00 Å². The van der Waals surface area contributed by atoms with Crippen molar-refractivity contribution in [1.82, 2.24) is 14.8 Å². The Labute approximate surface area is 243 Å². The van der Waals surface area contributed by atoms with Crippen molar-refractivity contribution in [1.29, 1.82) is 5.26 Å². The van der Waals surface area contributed by atoms with Crippen molar-refractivity contribution >= 4 is 45.3 Å². The molecule has 6 nitrogen and oxygen atoms in total. The van der Waals surface area contributed by atoms with E-state index in [2.05, 4.69) is 65.8 Å². The number of allylic oxidation sites excluding steroid dienone is 1. The van der Waals surface area contributed by atoms with Gasteiger partial charge in [-0.25, -0.2) is 0 Å². The summed E-state index contributed by atoms with van der Waals surface area (Å²) in [5, 5.41) is 25.6. The minimum absolute atomic E-state index is 0.128. The average Bonchev–Trinajstić information content (AvgIpc) is 3.61. The Morgan fingerprint density at radius 2 is 2.08 bits per heavy atom. The van der Waals surface area contributed by atoms with Gasteiger partial charge in [0, 0.05) is 27.2 Å². The summed E-state index contributed by atoms with van der Waals surface area (Å²) in [5.74, 6) is 2.25. The topological polar surface area (TPSA) is 83.6 Å². The van der Waals surface area contributed by atoms with Crippen molar-refractivity contribution in [2.75, 3.05) is 11.1 Å². The molecule has 3 aromatic rings. The van der Waals surface area contributed by atoms with E-state index in [1.54, 1.807) is 11.3 Å². The number of carbonyl (C=O) groups excluding carboxylic acids is 1. The summed E-state index contributed by atoms with van der Waals surface area (Å²) in [6.45, 7) is 13.8. The second kappa shape index (κ2) is 11.6. The van der Waals surface area contributed by atoms with Crippen molar-refractivity contribution in [2.24, 2.45) is 17.3 Å². The van der Waals surface area contributed by atoms with Gasteiger partial charge in [0.05, 0.1) is 11.3 Å². The fourth-order valence-corrected chi connectivity index (χ4v) is 9.08. The van der Waals surface area contributed by atoms with E-state index in [0.29, 0.717) is 28.2 Å². The van der Waals surface area contributed by atoms with Crippen LogP contribution in [0.25, 0.3) is 11.4 Å². The zero-order valence-corrected chi connectivity index (χ0v) is 25.8. The Bertz CT molecular complexity index is 1420. The summed E-state index contributed by atoms with van der Waals surface area (Å²) < 4.78 is 2.06. The van der Waals surface area contributed by atoms with Gasteiger partial charge in [-0.15, -0.1) is 39.4 Å². The zero-order valence-electron chi connectivity index (χ0n) is 23.3. The number of hydrogen-bond acceptors (Lipinski definition) is 7. The van der Waals surface area contributed by atoms with Gasteiger partial charge in [0.2, 0.25) is 5.91 Å². The first kappa shape index (κ1) is 28.1. The summed E-state index contributed by atoms with van der Waals surface area (Å²) in [6, 6.07) is 2.38. The molecule has 9 heteroatoms. The lowest BCUT2D eigenvalue weighted by molar-refractivity contribution is -0.113. The zero-order chi connectivity index (χ0) is 27.7. The molecule has 0 spiro atoms. The van der Waals surface area contributed by atoms with Crippen LogP contribution < -0.4 is 5.32 Å². The van der Waals surface area contributed by atoms with E-state index in [9.17, 15) is 10.1 Å². The highest BCUT2D eigenvalue weighted by atomic mass is 32.2. The first-order valence-electron chi connectivity index (χ1n) is 13.9. The van der Waals surface area contributed by atoms with Crippen molar-refractivity contribution in [3.63, 3.8) is 0 Å². The van der Waals surface area contributed by atoms with E-state index in [1.165, 1.54) is 39.1 Å². The Hall–Kier alpha value is -2.41. The van der Waals surface area contributed by atoms with E-state index in [-0.39, 0.29) is 17.1 Å². The molecule has 2 atom stereocenters. The van der Waals surface area contributed by atoms with Gasteiger partial charge in [0.15, 0.2) is 11.0 Å². The molecule has 0 saturated carbocycles. The van der Waals surface area contributed by atoms with E-state index >= 15 is 0 Å². The Balaban J connectivity index is 1.29. The number of thioether (sulfide) groups is 1. The van der Waals surface area contributed by atoms with Crippen molar-refractivity contribution in [3.8, 4) is 17.5 Å².